The Morgan fingerprint density at radius 3 is 2.23 bits per heavy atom. The molecule has 0 saturated carbocycles. The lowest BCUT2D eigenvalue weighted by Crippen LogP contribution is -2.12. The molecule has 108 valence electrons. The van der Waals surface area contributed by atoms with Gasteiger partial charge in [-0.2, -0.15) is 10.5 Å². The molecule has 0 aliphatic heterocycles. The van der Waals surface area contributed by atoms with Gasteiger partial charge in [-0.15, -0.1) is 11.3 Å². The summed E-state index contributed by atoms with van der Waals surface area (Å²) in [5.41, 5.74) is 1.13. The van der Waals surface area contributed by atoms with Crippen molar-refractivity contribution in [3.05, 3.63) is 51.4 Å². The van der Waals surface area contributed by atoms with E-state index in [4.69, 9.17) is 15.6 Å². The molecule has 2 rings (SSSR count). The molecule has 0 radical (unpaired) electrons. The third kappa shape index (κ3) is 2.80. The summed E-state index contributed by atoms with van der Waals surface area (Å²) in [7, 11) is 0. The molecule has 7 heteroatoms. The monoisotopic (exact) mass is 311 g/mol. The minimum atomic E-state index is -1.08. The molecule has 0 aliphatic carbocycles. The number of amides is 1. The van der Waals surface area contributed by atoms with Gasteiger partial charge < -0.3 is 10.4 Å². The summed E-state index contributed by atoms with van der Waals surface area (Å²) in [5, 5.41) is 29.8. The number of benzene rings is 1. The van der Waals surface area contributed by atoms with Gasteiger partial charge in [0.2, 0.25) is 0 Å². The van der Waals surface area contributed by atoms with E-state index >= 15 is 0 Å². The highest BCUT2D eigenvalue weighted by Gasteiger charge is 2.17. The van der Waals surface area contributed by atoms with Gasteiger partial charge in [-0.1, -0.05) is 0 Å². The number of hydrogen-bond acceptors (Lipinski definition) is 5. The molecule has 0 bridgehead atoms. The van der Waals surface area contributed by atoms with Gasteiger partial charge in [-0.25, -0.2) is 4.79 Å². The number of rotatable bonds is 3. The van der Waals surface area contributed by atoms with Crippen LogP contribution in [0.25, 0.3) is 0 Å². The minimum absolute atomic E-state index is 0.0769. The molecular formula is C15H9N3O3S. The number of carboxylic acid groups (broad SMARTS) is 1. The average Bonchev–Trinajstić information content (AvgIpc) is 2.82. The molecule has 0 unspecified atom stereocenters. The molecule has 0 fully saturated rings. The Balaban J connectivity index is 2.28. The number of carbonyl (C=O) groups excluding carboxylic acids is 1. The topological polar surface area (TPSA) is 114 Å². The molecule has 22 heavy (non-hydrogen) atoms. The average molecular weight is 311 g/mol. The third-order valence-electron chi connectivity index (χ3n) is 2.98. The molecular weight excluding hydrogens is 302 g/mol. The number of nitriles is 2. The van der Waals surface area contributed by atoms with Gasteiger partial charge in [0.25, 0.3) is 5.91 Å². The fourth-order valence-electron chi connectivity index (χ4n) is 1.78. The summed E-state index contributed by atoms with van der Waals surface area (Å²) in [6, 6.07) is 9.36. The quantitative estimate of drug-likeness (QED) is 0.904. The first kappa shape index (κ1) is 15.2. The first-order valence-electron chi connectivity index (χ1n) is 6.06. The number of thiophene rings is 1. The second-order valence-electron chi connectivity index (χ2n) is 4.32. The fraction of sp³-hybridized carbons (Fsp3) is 0.0667. The Hall–Kier alpha value is -3.16. The summed E-state index contributed by atoms with van der Waals surface area (Å²) in [4.78, 5) is 23.3. The Kier molecular flexibility index (Phi) is 4.21. The van der Waals surface area contributed by atoms with Gasteiger partial charge in [-0.05, 0) is 36.8 Å². The molecule has 2 N–H and O–H groups in total. The molecule has 1 aromatic carbocycles. The van der Waals surface area contributed by atoms with Gasteiger partial charge in [0, 0.05) is 5.56 Å². The van der Waals surface area contributed by atoms with E-state index in [9.17, 15) is 9.59 Å². The summed E-state index contributed by atoms with van der Waals surface area (Å²) < 4.78 is 0. The molecule has 1 heterocycles. The fourth-order valence-corrected chi connectivity index (χ4v) is 2.73. The molecule has 1 aromatic heterocycles. The highest BCUT2D eigenvalue weighted by Crippen LogP contribution is 2.32. The van der Waals surface area contributed by atoms with E-state index in [0.29, 0.717) is 15.4 Å². The van der Waals surface area contributed by atoms with Gasteiger partial charge in [0.15, 0.2) is 0 Å². The maximum Gasteiger partial charge on any atom is 0.335 e. The minimum Gasteiger partial charge on any atom is -0.478 e. The van der Waals surface area contributed by atoms with E-state index in [1.807, 2.05) is 12.1 Å². The molecule has 0 aliphatic rings. The summed E-state index contributed by atoms with van der Waals surface area (Å²) >= 11 is 1.03. The van der Waals surface area contributed by atoms with E-state index in [1.165, 1.54) is 24.3 Å². The molecule has 0 atom stereocenters. The second-order valence-corrected chi connectivity index (χ2v) is 5.34. The van der Waals surface area contributed by atoms with E-state index in [-0.39, 0.29) is 16.7 Å². The maximum atomic E-state index is 12.1. The zero-order chi connectivity index (χ0) is 16.3. The number of anilines is 1. The zero-order valence-electron chi connectivity index (χ0n) is 11.4. The Labute approximate surface area is 129 Å². The van der Waals surface area contributed by atoms with Crippen LogP contribution in [-0.4, -0.2) is 17.0 Å². The standard InChI is InChI=1S/C15H9N3O3S/c1-8-11(6-16)14(22-12(8)7-17)18-13(19)9-2-4-10(5-3-9)15(20)21/h2-5H,1H3,(H,18,19)(H,20,21). The summed E-state index contributed by atoms with van der Waals surface area (Å²) in [5.74, 6) is -1.55. The number of nitrogens with one attached hydrogen (secondary N) is 1. The van der Waals surface area contributed by atoms with Crippen LogP contribution >= 0.6 is 11.3 Å². The van der Waals surface area contributed by atoms with Crippen molar-refractivity contribution in [1.29, 1.82) is 10.5 Å². The van der Waals surface area contributed by atoms with Gasteiger partial charge in [0.05, 0.1) is 11.1 Å². The molecule has 1 amide bonds. The Morgan fingerprint density at radius 2 is 1.73 bits per heavy atom. The van der Waals surface area contributed by atoms with Crippen LogP contribution in [0.2, 0.25) is 0 Å². The third-order valence-corrected chi connectivity index (χ3v) is 4.09. The predicted octanol–water partition coefficient (Wildman–Crippen LogP) is 2.75. The van der Waals surface area contributed by atoms with Crippen LogP contribution in [0.1, 0.15) is 36.7 Å². The van der Waals surface area contributed by atoms with E-state index in [2.05, 4.69) is 5.32 Å². The summed E-state index contributed by atoms with van der Waals surface area (Å²) in [6.07, 6.45) is 0. The number of aromatic carboxylic acids is 1. The highest BCUT2D eigenvalue weighted by atomic mass is 32.1. The van der Waals surface area contributed by atoms with Crippen LogP contribution in [0.5, 0.6) is 0 Å². The van der Waals surface area contributed by atoms with Crippen molar-refractivity contribution in [2.24, 2.45) is 0 Å². The number of carbonyl (C=O) groups is 2. The SMILES string of the molecule is Cc1c(C#N)sc(NC(=O)c2ccc(C(=O)O)cc2)c1C#N. The van der Waals surface area contributed by atoms with E-state index in [0.717, 1.165) is 11.3 Å². The van der Waals surface area contributed by atoms with Gasteiger partial charge in [0.1, 0.15) is 22.0 Å². The summed E-state index contributed by atoms with van der Waals surface area (Å²) in [6.45, 7) is 1.64. The molecule has 2 aromatic rings. The van der Waals surface area contributed by atoms with Crippen molar-refractivity contribution in [3.8, 4) is 12.1 Å². The first-order valence-corrected chi connectivity index (χ1v) is 6.88. The van der Waals surface area contributed by atoms with Crippen LogP contribution in [0.3, 0.4) is 0 Å². The van der Waals surface area contributed by atoms with Crippen molar-refractivity contribution in [2.45, 2.75) is 6.92 Å². The van der Waals surface area contributed by atoms with Crippen molar-refractivity contribution < 1.29 is 14.7 Å². The van der Waals surface area contributed by atoms with E-state index in [1.54, 1.807) is 6.92 Å². The molecule has 6 nitrogen and oxygen atoms in total. The molecule has 0 saturated heterocycles. The van der Waals surface area contributed by atoms with Crippen LogP contribution < -0.4 is 5.32 Å². The van der Waals surface area contributed by atoms with Crippen LogP contribution in [-0.2, 0) is 0 Å². The lowest BCUT2D eigenvalue weighted by molar-refractivity contribution is 0.0696. The smallest absolute Gasteiger partial charge is 0.335 e. The second kappa shape index (κ2) is 6.08. The lowest BCUT2D eigenvalue weighted by atomic mass is 10.1. The lowest BCUT2D eigenvalue weighted by Gasteiger charge is -2.04. The predicted molar refractivity (Wildman–Crippen MR) is 79.8 cm³/mol. The van der Waals surface area contributed by atoms with Crippen LogP contribution in [0, 0.1) is 29.6 Å². The van der Waals surface area contributed by atoms with Crippen molar-refractivity contribution >= 4 is 28.2 Å². The number of nitrogens with zero attached hydrogens (tertiary/aromatic N) is 2. The van der Waals surface area contributed by atoms with Gasteiger partial charge in [-0.3, -0.25) is 4.79 Å². The molecule has 0 spiro atoms. The van der Waals surface area contributed by atoms with Gasteiger partial charge >= 0.3 is 5.97 Å². The Bertz CT molecular complexity index is 839. The maximum absolute atomic E-state index is 12.1. The van der Waals surface area contributed by atoms with Crippen molar-refractivity contribution in [2.75, 3.05) is 5.32 Å². The Morgan fingerprint density at radius 1 is 1.14 bits per heavy atom. The zero-order valence-corrected chi connectivity index (χ0v) is 12.2. The van der Waals surface area contributed by atoms with Crippen LogP contribution in [0.15, 0.2) is 24.3 Å². The normalized spacial score (nSPS) is 9.59. The number of hydrogen-bond donors (Lipinski definition) is 2. The first-order chi connectivity index (χ1) is 10.5. The largest absolute Gasteiger partial charge is 0.478 e. The van der Waals surface area contributed by atoms with E-state index < -0.39 is 11.9 Å². The number of carboxylic acids is 1. The highest BCUT2D eigenvalue weighted by molar-refractivity contribution is 7.17. The van der Waals surface area contributed by atoms with Crippen molar-refractivity contribution in [1.82, 2.24) is 0 Å². The van der Waals surface area contributed by atoms with Crippen LogP contribution in [0.4, 0.5) is 5.00 Å². The van der Waals surface area contributed by atoms with Crippen molar-refractivity contribution in [3.63, 3.8) is 0 Å².